The Morgan fingerprint density at radius 1 is 0.835 bits per heavy atom. The van der Waals surface area contributed by atoms with E-state index < -0.39 is 126 Å². The van der Waals surface area contributed by atoms with E-state index in [0.717, 1.165) is 17.1 Å². The molecule has 0 radical (unpaired) electrons. The van der Waals surface area contributed by atoms with Crippen LogP contribution in [0.15, 0.2) is 59.4 Å². The lowest BCUT2D eigenvalue weighted by Gasteiger charge is -2.31. The van der Waals surface area contributed by atoms with Crippen LogP contribution in [-0.2, 0) is 84.3 Å². The largest absolute Gasteiger partial charge is 0.481 e. The van der Waals surface area contributed by atoms with Gasteiger partial charge in [-0.3, -0.25) is 52.8 Å². The Hall–Kier alpha value is -8.71. The summed E-state index contributed by atoms with van der Waals surface area (Å²) in [5.74, 6) is -8.90. The first kappa shape index (κ1) is 56.5. The van der Waals surface area contributed by atoms with Crippen LogP contribution < -0.4 is 37.5 Å². The molecule has 0 spiro atoms. The van der Waals surface area contributed by atoms with Crippen LogP contribution >= 0.6 is 0 Å². The third-order valence-electron chi connectivity index (χ3n) is 14.5. The van der Waals surface area contributed by atoms with Crippen molar-refractivity contribution in [1.82, 2.24) is 46.4 Å². The molecule has 25 heteroatoms. The van der Waals surface area contributed by atoms with Crippen LogP contribution in [-0.4, -0.2) is 133 Å². The highest BCUT2D eigenvalue weighted by Gasteiger charge is 2.46. The van der Waals surface area contributed by atoms with Crippen LogP contribution in [0.25, 0.3) is 22.3 Å². The summed E-state index contributed by atoms with van der Waals surface area (Å²) in [4.78, 5) is 148. The van der Waals surface area contributed by atoms with Gasteiger partial charge in [0.1, 0.15) is 30.5 Å². The molecule has 3 aliphatic heterocycles. The van der Waals surface area contributed by atoms with Crippen molar-refractivity contribution in [1.29, 1.82) is 0 Å². The summed E-state index contributed by atoms with van der Waals surface area (Å²) in [6.07, 6.45) is 2.83. The number of carbonyl (C=O) groups excluding carboxylic acids is 9. The molecule has 4 aromatic rings. The molecule has 79 heavy (non-hydrogen) atoms. The molecule has 416 valence electrons. The van der Waals surface area contributed by atoms with Crippen LogP contribution in [0.3, 0.4) is 0 Å². The number of pyridine rings is 2. The number of aryl methyl sites for hydroxylation is 1. The number of hydrogen-bond acceptors (Lipinski definition) is 15. The van der Waals surface area contributed by atoms with E-state index in [2.05, 4.69) is 31.9 Å². The molecule has 0 saturated heterocycles. The van der Waals surface area contributed by atoms with E-state index in [0.29, 0.717) is 52.5 Å². The molecule has 8 rings (SSSR count). The number of ether oxygens (including phenoxy) is 1. The minimum atomic E-state index is -2.11. The van der Waals surface area contributed by atoms with Crippen LogP contribution in [0.5, 0.6) is 0 Å². The van der Waals surface area contributed by atoms with Gasteiger partial charge in [0.25, 0.3) is 17.4 Å². The number of amides is 8. The number of nitrogens with zero attached hydrogens (tertiary/aromatic N) is 3. The van der Waals surface area contributed by atoms with E-state index in [1.54, 1.807) is 44.2 Å². The third kappa shape index (κ3) is 12.1. The van der Waals surface area contributed by atoms with Gasteiger partial charge in [0.15, 0.2) is 5.60 Å². The molecule has 1 aliphatic carbocycles. The second-order valence-corrected chi connectivity index (χ2v) is 19.6. The maximum atomic E-state index is 15.5. The molecule has 5 heterocycles. The number of nitrogens with one attached hydrogen (secondary N) is 6. The van der Waals surface area contributed by atoms with Crippen molar-refractivity contribution in [2.45, 2.75) is 115 Å². The average molecular weight is 1090 g/mol. The van der Waals surface area contributed by atoms with Crippen molar-refractivity contribution < 1.29 is 72.4 Å². The number of aliphatic hydroxyl groups is 2. The molecular weight excluding hydrogens is 1030 g/mol. The fourth-order valence-corrected chi connectivity index (χ4v) is 10.3. The molecule has 8 amide bonds. The molecule has 0 unspecified atom stereocenters. The topological polar surface area (TPSA) is 351 Å². The number of unbranched alkanes of at least 4 members (excludes halogenated alkanes) is 2. The highest BCUT2D eigenvalue weighted by molar-refractivity contribution is 6.12. The highest BCUT2D eigenvalue weighted by Crippen LogP contribution is 2.46. The number of aromatic nitrogens is 2. The summed E-state index contributed by atoms with van der Waals surface area (Å²) in [6, 6.07) is 5.85. The number of aliphatic carboxylic acids is 1. The van der Waals surface area contributed by atoms with E-state index in [1.807, 2.05) is 0 Å². The molecular formula is C54H58FN9O15. The number of aliphatic hydroxyl groups excluding tert-OH is 1. The van der Waals surface area contributed by atoms with Crippen molar-refractivity contribution in [3.63, 3.8) is 0 Å². The van der Waals surface area contributed by atoms with Gasteiger partial charge >= 0.3 is 11.9 Å². The number of carbonyl (C=O) groups is 10. The first-order valence-corrected chi connectivity index (χ1v) is 25.7. The van der Waals surface area contributed by atoms with E-state index in [4.69, 9.17) is 9.72 Å². The molecule has 0 fully saturated rings. The summed E-state index contributed by atoms with van der Waals surface area (Å²) in [6.45, 7) is 0.572. The molecule has 0 saturated carbocycles. The maximum Gasteiger partial charge on any atom is 0.343 e. The molecule has 24 nitrogen and oxygen atoms in total. The van der Waals surface area contributed by atoms with Crippen LogP contribution in [0, 0.1) is 12.7 Å². The Balaban J connectivity index is 0.903. The number of fused-ring (bicyclic) bond motifs is 5. The number of rotatable bonds is 23. The molecule has 2 aromatic carbocycles. The molecule has 0 bridgehead atoms. The Morgan fingerprint density at radius 2 is 1.54 bits per heavy atom. The quantitative estimate of drug-likeness (QED) is 0.0226. The molecule has 5 atom stereocenters. The van der Waals surface area contributed by atoms with Crippen molar-refractivity contribution in [2.24, 2.45) is 0 Å². The van der Waals surface area contributed by atoms with Gasteiger partial charge in [-0.25, -0.2) is 14.2 Å². The summed E-state index contributed by atoms with van der Waals surface area (Å²) in [5.41, 5.74) is 0.878. The second kappa shape index (κ2) is 23.9. The number of cyclic esters (lactones) is 1. The minimum absolute atomic E-state index is 0.0443. The number of esters is 1. The lowest BCUT2D eigenvalue weighted by Crippen LogP contribution is -2.57. The lowest BCUT2D eigenvalue weighted by atomic mass is 9.81. The number of halogens is 1. The standard InChI is InChI=1S/C54H58FN9O15/c1-3-54(78)32-19-39-48-30(24-64(39)52(76)31(32)26-79-53(54)77)47-34(14-13-29-27(2)33(55)20-35(60-48)46(29)47)61-51(75)38(25-65)62-50(74)36(18-28-10-6-4-7-11-28)59-42(68)23-56-41(67)22-57-49(73)37(21-45(71)72)58-40(66)12-8-5-9-17-63-43(69)15-16-44(63)70/h4,6-7,10-11,15-16,19-20,34,36-38,65,78H,3,5,8-9,12-14,17-18,21-26H2,1-2H3,(H,56,67)(H,57,73)(H,58,66)(H,59,68)(H,61,75)(H,62,74)(H,71,72)/t34-,36-,37-,38-,54-/m0/s1. The van der Waals surface area contributed by atoms with E-state index >= 15 is 4.39 Å². The van der Waals surface area contributed by atoms with Crippen molar-refractivity contribution >= 4 is 70.1 Å². The Morgan fingerprint density at radius 3 is 2.24 bits per heavy atom. The molecule has 9 N–H and O–H groups in total. The first-order chi connectivity index (χ1) is 37.7. The number of imide groups is 1. The molecule has 2 aromatic heterocycles. The zero-order valence-corrected chi connectivity index (χ0v) is 43.1. The van der Waals surface area contributed by atoms with Crippen LogP contribution in [0.2, 0.25) is 0 Å². The normalized spacial score (nSPS) is 17.9. The van der Waals surface area contributed by atoms with Gasteiger partial charge in [-0.1, -0.05) is 43.7 Å². The van der Waals surface area contributed by atoms with Gasteiger partial charge < -0.3 is 56.5 Å². The zero-order chi connectivity index (χ0) is 56.9. The fraction of sp³-hybridized carbons (Fsp3) is 0.407. The Kier molecular flexibility index (Phi) is 17.1. The predicted molar refractivity (Wildman–Crippen MR) is 274 cm³/mol. The van der Waals surface area contributed by atoms with Crippen LogP contribution in [0.4, 0.5) is 4.39 Å². The van der Waals surface area contributed by atoms with Gasteiger partial charge in [-0.2, -0.15) is 0 Å². The van der Waals surface area contributed by atoms with E-state index in [1.165, 1.54) is 16.7 Å². The van der Waals surface area contributed by atoms with Gasteiger partial charge in [0.05, 0.1) is 61.2 Å². The van der Waals surface area contributed by atoms with Crippen LogP contribution in [0.1, 0.15) is 96.9 Å². The number of benzene rings is 2. The van der Waals surface area contributed by atoms with E-state index in [9.17, 15) is 68.1 Å². The maximum absolute atomic E-state index is 15.5. The van der Waals surface area contributed by atoms with Crippen molar-refractivity contribution in [2.75, 3.05) is 26.2 Å². The SMILES string of the molecule is CC[C@@]1(O)C(=O)OCc2c1cc1n(c2=O)Cc2c-1nc1cc(F)c(C)c3c1c2[C@@H](NC(=O)[C@H](CO)NC(=O)[C@H](Cc1ccccc1)NC(=O)CNC(=O)CNC(=O)[C@H](CC(=O)O)NC(=O)CCCCCN1C(=O)C=CC1=O)CC3. The number of carboxylic acids is 1. The second-order valence-electron chi connectivity index (χ2n) is 19.6. The summed E-state index contributed by atoms with van der Waals surface area (Å²) < 4.78 is 22.2. The lowest BCUT2D eigenvalue weighted by molar-refractivity contribution is -0.172. The van der Waals surface area contributed by atoms with Gasteiger partial charge in [-0.05, 0) is 67.3 Å². The van der Waals surface area contributed by atoms with Crippen molar-refractivity contribution in [3.05, 3.63) is 110 Å². The van der Waals surface area contributed by atoms with Gasteiger partial charge in [0.2, 0.25) is 35.4 Å². The third-order valence-corrected chi connectivity index (χ3v) is 14.5. The predicted octanol–water partition coefficient (Wildman–Crippen LogP) is -0.487. The number of hydrogen-bond donors (Lipinski definition) is 9. The highest BCUT2D eigenvalue weighted by atomic mass is 19.1. The number of carboxylic acid groups (broad SMARTS) is 1. The Bertz CT molecular complexity index is 3270. The summed E-state index contributed by atoms with van der Waals surface area (Å²) in [5, 5.41) is 46.8. The molecule has 4 aliphatic rings. The zero-order valence-electron chi connectivity index (χ0n) is 43.1. The van der Waals surface area contributed by atoms with Crippen molar-refractivity contribution in [3.8, 4) is 11.4 Å². The smallest absolute Gasteiger partial charge is 0.343 e. The Labute approximate surface area is 449 Å². The fourth-order valence-electron chi connectivity index (χ4n) is 10.3. The van der Waals surface area contributed by atoms with E-state index in [-0.39, 0.29) is 79.8 Å². The average Bonchev–Trinajstić information content (AvgIpc) is 3.72. The minimum Gasteiger partial charge on any atom is -0.481 e. The van der Waals surface area contributed by atoms with Gasteiger partial charge in [-0.15, -0.1) is 0 Å². The van der Waals surface area contributed by atoms with Gasteiger partial charge in [0, 0.05) is 54.1 Å². The summed E-state index contributed by atoms with van der Waals surface area (Å²) >= 11 is 0. The monoisotopic (exact) mass is 1090 g/mol. The summed E-state index contributed by atoms with van der Waals surface area (Å²) in [7, 11) is 0. The first-order valence-electron chi connectivity index (χ1n) is 25.7.